The summed E-state index contributed by atoms with van der Waals surface area (Å²) in [6.45, 7) is 1.74. The molecule has 0 atom stereocenters. The highest BCUT2D eigenvalue weighted by atomic mass is 35.5. The molecule has 0 aliphatic carbocycles. The minimum Gasteiger partial charge on any atom is -0.430 e. The van der Waals surface area contributed by atoms with E-state index < -0.39 is 10.7 Å². The van der Waals surface area contributed by atoms with Crippen LogP contribution in [0.1, 0.15) is 5.56 Å². The average Bonchev–Trinajstić information content (AvgIpc) is 2.33. The van der Waals surface area contributed by atoms with Gasteiger partial charge in [0.1, 0.15) is 5.15 Å². The Morgan fingerprint density at radius 3 is 2.79 bits per heavy atom. The summed E-state index contributed by atoms with van der Waals surface area (Å²) < 4.78 is 18.7. The molecule has 98 valence electrons. The molecule has 7 heteroatoms. The molecule has 0 unspecified atom stereocenters. The van der Waals surface area contributed by atoms with Crippen molar-refractivity contribution in [2.45, 2.75) is 6.92 Å². The van der Waals surface area contributed by atoms with E-state index in [4.69, 9.17) is 16.3 Å². The standard InChI is InChI=1S/C12H8ClFN2O3/c1-7-2-3-8(14)10(6-7)19-12-9(16(17)18)4-5-11(13)15-12/h2-6H,1H3. The van der Waals surface area contributed by atoms with Crippen molar-refractivity contribution < 1.29 is 14.1 Å². The number of rotatable bonds is 3. The van der Waals surface area contributed by atoms with Crippen LogP contribution in [0.25, 0.3) is 0 Å². The van der Waals surface area contributed by atoms with Crippen LogP contribution in [0, 0.1) is 22.9 Å². The summed E-state index contributed by atoms with van der Waals surface area (Å²) in [7, 11) is 0. The number of pyridine rings is 1. The Labute approximate surface area is 112 Å². The first-order chi connectivity index (χ1) is 8.97. The van der Waals surface area contributed by atoms with Crippen molar-refractivity contribution in [2.75, 3.05) is 0 Å². The van der Waals surface area contributed by atoms with Gasteiger partial charge < -0.3 is 4.74 Å². The molecule has 2 aromatic rings. The second-order valence-electron chi connectivity index (χ2n) is 3.75. The Morgan fingerprint density at radius 2 is 2.11 bits per heavy atom. The second kappa shape index (κ2) is 5.19. The minimum atomic E-state index is -0.674. The van der Waals surface area contributed by atoms with E-state index >= 15 is 0 Å². The fraction of sp³-hybridized carbons (Fsp3) is 0.0833. The molecule has 2 rings (SSSR count). The zero-order valence-corrected chi connectivity index (χ0v) is 10.5. The summed E-state index contributed by atoms with van der Waals surface area (Å²) in [5, 5.41) is 10.8. The van der Waals surface area contributed by atoms with Crippen molar-refractivity contribution in [3.05, 3.63) is 57.0 Å². The molecule has 0 aliphatic rings. The third kappa shape index (κ3) is 2.97. The van der Waals surface area contributed by atoms with E-state index in [1.165, 1.54) is 18.2 Å². The van der Waals surface area contributed by atoms with Gasteiger partial charge in [-0.25, -0.2) is 4.39 Å². The molecule has 0 amide bonds. The topological polar surface area (TPSA) is 65.3 Å². The Hall–Kier alpha value is -2.21. The normalized spacial score (nSPS) is 10.3. The smallest absolute Gasteiger partial charge is 0.331 e. The van der Waals surface area contributed by atoms with Gasteiger partial charge in [0.25, 0.3) is 0 Å². The largest absolute Gasteiger partial charge is 0.430 e. The fourth-order valence-corrected chi connectivity index (χ4v) is 1.56. The first-order valence-electron chi connectivity index (χ1n) is 5.22. The SMILES string of the molecule is Cc1ccc(F)c(Oc2nc(Cl)ccc2[N+](=O)[O-])c1. The van der Waals surface area contributed by atoms with Crippen LogP contribution in [0.15, 0.2) is 30.3 Å². The lowest BCUT2D eigenvalue weighted by Crippen LogP contribution is -1.97. The first kappa shape index (κ1) is 13.2. The molecule has 0 radical (unpaired) electrons. The number of benzene rings is 1. The molecule has 0 bridgehead atoms. The highest BCUT2D eigenvalue weighted by Crippen LogP contribution is 2.32. The van der Waals surface area contributed by atoms with Gasteiger partial charge >= 0.3 is 11.6 Å². The number of ether oxygens (including phenoxy) is 1. The third-order valence-electron chi connectivity index (χ3n) is 2.30. The van der Waals surface area contributed by atoms with Gasteiger partial charge in [0.05, 0.1) is 4.92 Å². The number of nitro groups is 1. The van der Waals surface area contributed by atoms with Crippen LogP contribution in [0.2, 0.25) is 5.15 Å². The van der Waals surface area contributed by atoms with E-state index in [0.29, 0.717) is 0 Å². The van der Waals surface area contributed by atoms with Crippen LogP contribution in [0.5, 0.6) is 11.6 Å². The number of halogens is 2. The lowest BCUT2D eigenvalue weighted by Gasteiger charge is -2.07. The Balaban J connectivity index is 2.45. The van der Waals surface area contributed by atoms with Crippen LogP contribution in [-0.2, 0) is 0 Å². The van der Waals surface area contributed by atoms with Gasteiger partial charge in [0.15, 0.2) is 11.6 Å². The summed E-state index contributed by atoms with van der Waals surface area (Å²) in [6, 6.07) is 6.60. The van der Waals surface area contributed by atoms with Gasteiger partial charge in [-0.2, -0.15) is 4.98 Å². The summed E-state index contributed by atoms with van der Waals surface area (Å²) in [5.41, 5.74) is 0.367. The summed E-state index contributed by atoms with van der Waals surface area (Å²) >= 11 is 5.65. The van der Waals surface area contributed by atoms with Crippen molar-refractivity contribution in [1.82, 2.24) is 4.98 Å². The molecule has 1 aromatic carbocycles. The molecule has 0 fully saturated rings. The van der Waals surface area contributed by atoms with E-state index in [9.17, 15) is 14.5 Å². The molecular formula is C12H8ClFN2O3. The van der Waals surface area contributed by atoms with E-state index in [0.717, 1.165) is 11.6 Å². The highest BCUT2D eigenvalue weighted by molar-refractivity contribution is 6.29. The number of hydrogen-bond acceptors (Lipinski definition) is 4. The Kier molecular flexibility index (Phi) is 3.62. The number of nitrogens with zero attached hydrogens (tertiary/aromatic N) is 2. The van der Waals surface area contributed by atoms with Gasteiger partial charge in [-0.05, 0) is 30.7 Å². The molecule has 5 nitrogen and oxygen atoms in total. The molecule has 1 aromatic heterocycles. The maximum atomic E-state index is 13.5. The van der Waals surface area contributed by atoms with Crippen LogP contribution in [0.4, 0.5) is 10.1 Å². The zero-order chi connectivity index (χ0) is 14.0. The van der Waals surface area contributed by atoms with Crippen LogP contribution >= 0.6 is 11.6 Å². The van der Waals surface area contributed by atoms with Crippen LogP contribution < -0.4 is 4.74 Å². The van der Waals surface area contributed by atoms with E-state index in [-0.39, 0.29) is 22.5 Å². The quantitative estimate of drug-likeness (QED) is 0.487. The molecule has 0 spiro atoms. The van der Waals surface area contributed by atoms with E-state index in [1.807, 2.05) is 0 Å². The van der Waals surface area contributed by atoms with Gasteiger partial charge in [-0.3, -0.25) is 10.1 Å². The van der Waals surface area contributed by atoms with Crippen LogP contribution in [-0.4, -0.2) is 9.91 Å². The number of aryl methyl sites for hydroxylation is 1. The van der Waals surface area contributed by atoms with Crippen molar-refractivity contribution in [3.8, 4) is 11.6 Å². The monoisotopic (exact) mass is 282 g/mol. The summed E-state index contributed by atoms with van der Waals surface area (Å²) in [6.07, 6.45) is 0. The molecular weight excluding hydrogens is 275 g/mol. The van der Waals surface area contributed by atoms with Crippen molar-refractivity contribution >= 4 is 17.3 Å². The Morgan fingerprint density at radius 1 is 1.37 bits per heavy atom. The average molecular weight is 283 g/mol. The number of hydrogen-bond donors (Lipinski definition) is 0. The predicted molar refractivity (Wildman–Crippen MR) is 67.1 cm³/mol. The lowest BCUT2D eigenvalue weighted by molar-refractivity contribution is -0.386. The van der Waals surface area contributed by atoms with E-state index in [1.54, 1.807) is 13.0 Å². The lowest BCUT2D eigenvalue weighted by atomic mass is 10.2. The highest BCUT2D eigenvalue weighted by Gasteiger charge is 2.19. The van der Waals surface area contributed by atoms with Crippen molar-refractivity contribution in [3.63, 3.8) is 0 Å². The fourth-order valence-electron chi connectivity index (χ4n) is 1.42. The maximum Gasteiger partial charge on any atom is 0.331 e. The summed E-state index contributed by atoms with van der Waals surface area (Å²) in [4.78, 5) is 13.8. The van der Waals surface area contributed by atoms with E-state index in [2.05, 4.69) is 4.98 Å². The molecule has 0 aliphatic heterocycles. The van der Waals surface area contributed by atoms with Crippen LogP contribution in [0.3, 0.4) is 0 Å². The molecule has 0 saturated carbocycles. The van der Waals surface area contributed by atoms with Crippen molar-refractivity contribution in [2.24, 2.45) is 0 Å². The molecule has 19 heavy (non-hydrogen) atoms. The number of aromatic nitrogens is 1. The van der Waals surface area contributed by atoms with Gasteiger partial charge in [-0.1, -0.05) is 17.7 Å². The Bertz CT molecular complexity index is 649. The van der Waals surface area contributed by atoms with Gasteiger partial charge in [0.2, 0.25) is 0 Å². The first-order valence-corrected chi connectivity index (χ1v) is 5.60. The molecule has 0 saturated heterocycles. The molecule has 1 heterocycles. The van der Waals surface area contributed by atoms with Crippen molar-refractivity contribution in [1.29, 1.82) is 0 Å². The van der Waals surface area contributed by atoms with Gasteiger partial charge in [0, 0.05) is 6.07 Å². The zero-order valence-electron chi connectivity index (χ0n) is 9.76. The predicted octanol–water partition coefficient (Wildman–Crippen LogP) is 3.88. The third-order valence-corrected chi connectivity index (χ3v) is 2.51. The minimum absolute atomic E-state index is 0.0219. The van der Waals surface area contributed by atoms with Gasteiger partial charge in [-0.15, -0.1) is 0 Å². The maximum absolute atomic E-state index is 13.5. The second-order valence-corrected chi connectivity index (χ2v) is 4.14. The molecule has 0 N–H and O–H groups in total. The summed E-state index contributed by atoms with van der Waals surface area (Å²) in [5.74, 6) is -1.12.